The van der Waals surface area contributed by atoms with Crippen molar-refractivity contribution in [2.45, 2.75) is 25.5 Å². The number of likely N-dealkylation sites (N-methyl/N-ethyl adjacent to an activating group) is 1. The Hall–Kier alpha value is -0.560. The molecular weight excluding hydrogens is 164 g/mol. The Morgan fingerprint density at radius 1 is 1.77 bits per heavy atom. The summed E-state index contributed by atoms with van der Waals surface area (Å²) in [6.07, 6.45) is 5.92. The van der Waals surface area contributed by atoms with Crippen LogP contribution in [0.4, 0.5) is 0 Å². The summed E-state index contributed by atoms with van der Waals surface area (Å²) in [7, 11) is 0. The van der Waals surface area contributed by atoms with Gasteiger partial charge in [-0.2, -0.15) is 0 Å². The van der Waals surface area contributed by atoms with Crippen molar-refractivity contribution in [1.82, 2.24) is 4.90 Å². The summed E-state index contributed by atoms with van der Waals surface area (Å²) in [4.78, 5) is 2.34. The third kappa shape index (κ3) is 3.00. The van der Waals surface area contributed by atoms with Gasteiger partial charge in [-0.05, 0) is 6.54 Å². The molecule has 3 heteroatoms. The van der Waals surface area contributed by atoms with Gasteiger partial charge in [0.1, 0.15) is 0 Å². The molecule has 1 saturated heterocycles. The van der Waals surface area contributed by atoms with Crippen molar-refractivity contribution in [3.8, 4) is 12.3 Å². The van der Waals surface area contributed by atoms with Crippen molar-refractivity contribution in [3.63, 3.8) is 0 Å². The summed E-state index contributed by atoms with van der Waals surface area (Å²) in [6.45, 7) is 5.91. The average molecular weight is 182 g/mol. The second-order valence-corrected chi connectivity index (χ2v) is 3.37. The van der Waals surface area contributed by atoms with Gasteiger partial charge >= 0.3 is 0 Å². The van der Waals surface area contributed by atoms with Crippen LogP contribution in [0.5, 0.6) is 0 Å². The molecule has 1 aliphatic heterocycles. The normalized spacial score (nSPS) is 26.7. The minimum Gasteiger partial charge on any atom is -0.374 e. The van der Waals surface area contributed by atoms with Gasteiger partial charge in [-0.25, -0.2) is 0 Å². The summed E-state index contributed by atoms with van der Waals surface area (Å²) < 4.78 is 5.56. The van der Waals surface area contributed by atoms with Crippen molar-refractivity contribution < 1.29 is 4.74 Å². The molecule has 1 rings (SSSR count). The SMILES string of the molecule is C#CCC(N)C1CN(CC)CCO1. The molecule has 3 nitrogen and oxygen atoms in total. The monoisotopic (exact) mass is 182 g/mol. The number of rotatable bonds is 3. The van der Waals surface area contributed by atoms with Crippen LogP contribution in [0.1, 0.15) is 13.3 Å². The maximum atomic E-state index is 5.88. The first kappa shape index (κ1) is 10.5. The molecule has 0 aliphatic carbocycles. The van der Waals surface area contributed by atoms with E-state index in [4.69, 9.17) is 16.9 Å². The lowest BCUT2D eigenvalue weighted by Gasteiger charge is -2.34. The first-order chi connectivity index (χ1) is 6.27. The summed E-state index contributed by atoms with van der Waals surface area (Å²) >= 11 is 0. The molecule has 0 aromatic carbocycles. The molecule has 1 fully saturated rings. The number of terminal acetylenes is 1. The van der Waals surface area contributed by atoms with Crippen LogP contribution in [-0.2, 0) is 4.74 Å². The van der Waals surface area contributed by atoms with Crippen molar-refractivity contribution in [1.29, 1.82) is 0 Å². The molecule has 2 unspecified atom stereocenters. The van der Waals surface area contributed by atoms with E-state index in [0.29, 0.717) is 6.42 Å². The van der Waals surface area contributed by atoms with Gasteiger partial charge in [0.2, 0.25) is 0 Å². The Morgan fingerprint density at radius 3 is 3.15 bits per heavy atom. The smallest absolute Gasteiger partial charge is 0.0862 e. The van der Waals surface area contributed by atoms with E-state index in [0.717, 1.165) is 26.2 Å². The second kappa shape index (κ2) is 5.23. The molecule has 2 N–H and O–H groups in total. The van der Waals surface area contributed by atoms with Crippen LogP contribution in [0.2, 0.25) is 0 Å². The molecule has 2 atom stereocenters. The van der Waals surface area contributed by atoms with Crippen molar-refractivity contribution in [2.24, 2.45) is 5.73 Å². The first-order valence-electron chi connectivity index (χ1n) is 4.81. The molecule has 0 radical (unpaired) electrons. The maximum absolute atomic E-state index is 5.88. The minimum absolute atomic E-state index is 0.0145. The van der Waals surface area contributed by atoms with E-state index in [1.807, 2.05) is 0 Å². The summed E-state index contributed by atoms with van der Waals surface area (Å²) in [5.74, 6) is 2.57. The number of morpholine rings is 1. The fourth-order valence-electron chi connectivity index (χ4n) is 1.55. The van der Waals surface area contributed by atoms with Gasteiger partial charge in [-0.15, -0.1) is 12.3 Å². The van der Waals surface area contributed by atoms with E-state index in [2.05, 4.69) is 17.7 Å². The zero-order valence-electron chi connectivity index (χ0n) is 8.20. The molecule has 1 aliphatic rings. The van der Waals surface area contributed by atoms with Crippen molar-refractivity contribution in [2.75, 3.05) is 26.2 Å². The average Bonchev–Trinajstić information content (AvgIpc) is 2.18. The number of nitrogens with two attached hydrogens (primary N) is 1. The number of nitrogens with zero attached hydrogens (tertiary/aromatic N) is 1. The summed E-state index contributed by atoms with van der Waals surface area (Å²) in [5.41, 5.74) is 5.88. The van der Waals surface area contributed by atoms with Gasteiger partial charge in [-0.3, -0.25) is 4.90 Å². The number of hydrogen-bond acceptors (Lipinski definition) is 3. The van der Waals surface area contributed by atoms with E-state index >= 15 is 0 Å². The van der Waals surface area contributed by atoms with E-state index < -0.39 is 0 Å². The van der Waals surface area contributed by atoms with Crippen molar-refractivity contribution >= 4 is 0 Å². The fourth-order valence-corrected chi connectivity index (χ4v) is 1.55. The van der Waals surface area contributed by atoms with Crippen LogP contribution < -0.4 is 5.73 Å². The molecule has 0 saturated carbocycles. The Labute approximate surface area is 80.2 Å². The Morgan fingerprint density at radius 2 is 2.54 bits per heavy atom. The van der Waals surface area contributed by atoms with Gasteiger partial charge in [-0.1, -0.05) is 6.92 Å². The van der Waals surface area contributed by atoms with E-state index in [-0.39, 0.29) is 12.1 Å². The van der Waals surface area contributed by atoms with Gasteiger partial charge in [0, 0.05) is 25.6 Å². The van der Waals surface area contributed by atoms with Gasteiger partial charge in [0.05, 0.1) is 12.7 Å². The van der Waals surface area contributed by atoms with E-state index in [1.165, 1.54) is 0 Å². The second-order valence-electron chi connectivity index (χ2n) is 3.37. The van der Waals surface area contributed by atoms with E-state index in [9.17, 15) is 0 Å². The fraction of sp³-hybridized carbons (Fsp3) is 0.800. The van der Waals surface area contributed by atoms with E-state index in [1.54, 1.807) is 0 Å². The minimum atomic E-state index is -0.0145. The number of hydrogen-bond donors (Lipinski definition) is 1. The first-order valence-corrected chi connectivity index (χ1v) is 4.81. The Kier molecular flexibility index (Phi) is 4.23. The molecule has 0 amide bonds. The lowest BCUT2D eigenvalue weighted by molar-refractivity contribution is -0.0378. The Balaban J connectivity index is 2.37. The topological polar surface area (TPSA) is 38.5 Å². The molecule has 0 aromatic rings. The van der Waals surface area contributed by atoms with Crippen LogP contribution in [0, 0.1) is 12.3 Å². The molecule has 74 valence electrons. The van der Waals surface area contributed by atoms with Crippen LogP contribution >= 0.6 is 0 Å². The van der Waals surface area contributed by atoms with Crippen LogP contribution in [0.15, 0.2) is 0 Å². The highest BCUT2D eigenvalue weighted by Gasteiger charge is 2.24. The summed E-state index contributed by atoms with van der Waals surface area (Å²) in [6, 6.07) is -0.0145. The Bertz CT molecular complexity index is 188. The van der Waals surface area contributed by atoms with Crippen LogP contribution in [0.3, 0.4) is 0 Å². The quantitative estimate of drug-likeness (QED) is 0.627. The number of ether oxygens (including phenoxy) is 1. The summed E-state index contributed by atoms with van der Waals surface area (Å²) in [5, 5.41) is 0. The highest BCUT2D eigenvalue weighted by molar-refractivity contribution is 4.93. The highest BCUT2D eigenvalue weighted by Crippen LogP contribution is 2.09. The van der Waals surface area contributed by atoms with Crippen LogP contribution in [0.25, 0.3) is 0 Å². The van der Waals surface area contributed by atoms with Gasteiger partial charge in [0.25, 0.3) is 0 Å². The molecule has 0 aromatic heterocycles. The standard InChI is InChI=1S/C10H18N2O/c1-3-5-9(11)10-8-12(4-2)6-7-13-10/h1,9-10H,4-8,11H2,2H3. The zero-order chi connectivity index (χ0) is 9.68. The predicted molar refractivity (Wildman–Crippen MR) is 53.3 cm³/mol. The maximum Gasteiger partial charge on any atom is 0.0862 e. The highest BCUT2D eigenvalue weighted by atomic mass is 16.5. The molecule has 0 spiro atoms. The van der Waals surface area contributed by atoms with Gasteiger partial charge < -0.3 is 10.5 Å². The zero-order valence-corrected chi connectivity index (χ0v) is 8.20. The lowest BCUT2D eigenvalue weighted by Crippen LogP contribution is -2.50. The molecular formula is C10H18N2O. The molecule has 1 heterocycles. The third-order valence-corrected chi connectivity index (χ3v) is 2.46. The largest absolute Gasteiger partial charge is 0.374 e. The third-order valence-electron chi connectivity index (χ3n) is 2.46. The van der Waals surface area contributed by atoms with Crippen LogP contribution in [-0.4, -0.2) is 43.3 Å². The lowest BCUT2D eigenvalue weighted by atomic mass is 10.1. The van der Waals surface area contributed by atoms with Gasteiger partial charge in [0.15, 0.2) is 0 Å². The predicted octanol–water partition coefficient (Wildman–Crippen LogP) is 0.0577. The van der Waals surface area contributed by atoms with Crippen molar-refractivity contribution in [3.05, 3.63) is 0 Å². The molecule has 13 heavy (non-hydrogen) atoms. The molecule has 0 bridgehead atoms.